The lowest BCUT2D eigenvalue weighted by Gasteiger charge is -2.31. The van der Waals surface area contributed by atoms with E-state index in [2.05, 4.69) is 13.8 Å². The number of aryl methyl sites for hydroxylation is 2. The van der Waals surface area contributed by atoms with Crippen LogP contribution in [0, 0.1) is 6.92 Å². The van der Waals surface area contributed by atoms with Gasteiger partial charge in [-0.05, 0) is 44.2 Å². The molecule has 118 valence electrons. The molecular weight excluding hydrogens is 286 g/mol. The highest BCUT2D eigenvalue weighted by Gasteiger charge is 2.25. The fraction of sp³-hybridized carbons (Fsp3) is 0.688. The number of hydrogen-bond acceptors (Lipinski definition) is 4. The average molecular weight is 311 g/mol. The van der Waals surface area contributed by atoms with E-state index in [-0.39, 0.29) is 18.6 Å². The molecule has 0 bridgehead atoms. The summed E-state index contributed by atoms with van der Waals surface area (Å²) in [7, 11) is 0. The van der Waals surface area contributed by atoms with Crippen LogP contribution in [0.4, 0.5) is 0 Å². The number of carbonyl (C=O) groups is 1. The number of hydrogen-bond donors (Lipinski definition) is 1. The minimum Gasteiger partial charge on any atom is -0.396 e. The predicted molar refractivity (Wildman–Crippen MR) is 85.0 cm³/mol. The molecule has 0 aliphatic carbocycles. The molecule has 5 heteroatoms. The van der Waals surface area contributed by atoms with E-state index in [0.29, 0.717) is 13.0 Å². The third-order valence-corrected chi connectivity index (χ3v) is 5.31. The molecule has 2 rings (SSSR count). The van der Waals surface area contributed by atoms with E-state index in [1.54, 1.807) is 11.3 Å². The Bertz CT molecular complexity index is 464. The van der Waals surface area contributed by atoms with Gasteiger partial charge in [-0.3, -0.25) is 4.79 Å². The monoisotopic (exact) mass is 311 g/mol. The van der Waals surface area contributed by atoms with Crippen molar-refractivity contribution in [3.05, 3.63) is 21.4 Å². The van der Waals surface area contributed by atoms with Gasteiger partial charge in [0.1, 0.15) is 0 Å². The number of aliphatic hydroxyl groups excluding tert-OH is 1. The molecule has 4 nitrogen and oxygen atoms in total. The predicted octanol–water partition coefficient (Wildman–Crippen LogP) is 2.62. The van der Waals surface area contributed by atoms with Crippen LogP contribution in [-0.2, 0) is 11.2 Å². The summed E-state index contributed by atoms with van der Waals surface area (Å²) in [5.41, 5.74) is 1.23. The van der Waals surface area contributed by atoms with Gasteiger partial charge in [0.05, 0.1) is 11.0 Å². The first-order valence-corrected chi connectivity index (χ1v) is 8.58. The Morgan fingerprint density at radius 2 is 2.19 bits per heavy atom. The lowest BCUT2D eigenvalue weighted by molar-refractivity contribution is 0.00409. The molecule has 1 fully saturated rings. The summed E-state index contributed by atoms with van der Waals surface area (Å²) in [6.45, 7) is 6.52. The largest absolute Gasteiger partial charge is 0.396 e. The highest BCUT2D eigenvalue weighted by molar-refractivity contribution is 7.14. The zero-order valence-electron chi connectivity index (χ0n) is 12.9. The molecule has 0 unspecified atom stereocenters. The van der Waals surface area contributed by atoms with E-state index >= 15 is 0 Å². The van der Waals surface area contributed by atoms with Crippen molar-refractivity contribution in [3.8, 4) is 0 Å². The van der Waals surface area contributed by atoms with Crippen LogP contribution in [0.1, 0.15) is 46.3 Å². The fourth-order valence-electron chi connectivity index (χ4n) is 2.67. The van der Waals surface area contributed by atoms with Gasteiger partial charge in [0, 0.05) is 31.2 Å². The molecule has 0 atom stereocenters. The number of rotatable bonds is 6. The summed E-state index contributed by atoms with van der Waals surface area (Å²) in [5.74, 6) is 0.164. The second-order valence-corrected chi connectivity index (χ2v) is 6.65. The van der Waals surface area contributed by atoms with E-state index in [0.717, 1.165) is 37.2 Å². The van der Waals surface area contributed by atoms with Gasteiger partial charge in [-0.2, -0.15) is 0 Å². The summed E-state index contributed by atoms with van der Waals surface area (Å²) < 4.78 is 5.70. The molecule has 1 saturated heterocycles. The number of carbonyl (C=O) groups excluding carboxylic acids is 1. The molecule has 2 heterocycles. The van der Waals surface area contributed by atoms with Crippen LogP contribution in [-0.4, -0.2) is 48.3 Å². The number of nitrogens with zero attached hydrogens (tertiary/aromatic N) is 1. The van der Waals surface area contributed by atoms with Crippen molar-refractivity contribution in [2.75, 3.05) is 26.3 Å². The molecule has 1 N–H and O–H groups in total. The summed E-state index contributed by atoms with van der Waals surface area (Å²) in [4.78, 5) is 16.6. The smallest absolute Gasteiger partial charge is 0.263 e. The van der Waals surface area contributed by atoms with Crippen molar-refractivity contribution in [3.63, 3.8) is 0 Å². The lowest BCUT2D eigenvalue weighted by Crippen LogP contribution is -2.40. The van der Waals surface area contributed by atoms with Crippen LogP contribution in [0.5, 0.6) is 0 Å². The minimum absolute atomic E-state index is 0.164. The molecular formula is C16H25NO3S. The van der Waals surface area contributed by atoms with Crippen LogP contribution in [0.3, 0.4) is 0 Å². The Labute approximate surface area is 130 Å². The van der Waals surface area contributed by atoms with Crippen LogP contribution in [0.25, 0.3) is 0 Å². The number of thiophene rings is 1. The second kappa shape index (κ2) is 7.92. The molecule has 1 aliphatic rings. The second-order valence-electron chi connectivity index (χ2n) is 5.51. The van der Waals surface area contributed by atoms with Crippen molar-refractivity contribution in [2.45, 2.75) is 45.6 Å². The molecule has 0 saturated carbocycles. The highest BCUT2D eigenvalue weighted by atomic mass is 32.1. The first kappa shape index (κ1) is 16.5. The lowest BCUT2D eigenvalue weighted by atomic mass is 10.1. The Morgan fingerprint density at radius 1 is 1.48 bits per heavy atom. The molecule has 1 aromatic rings. The maximum Gasteiger partial charge on any atom is 0.263 e. The summed E-state index contributed by atoms with van der Waals surface area (Å²) in [6.07, 6.45) is 3.69. The topological polar surface area (TPSA) is 49.8 Å². The summed E-state index contributed by atoms with van der Waals surface area (Å²) in [5, 5.41) is 8.75. The maximum atomic E-state index is 12.5. The van der Waals surface area contributed by atoms with Gasteiger partial charge in [0.2, 0.25) is 0 Å². The van der Waals surface area contributed by atoms with E-state index < -0.39 is 0 Å². The maximum absolute atomic E-state index is 12.5. The van der Waals surface area contributed by atoms with E-state index in [1.807, 2.05) is 11.0 Å². The number of amides is 1. The van der Waals surface area contributed by atoms with Crippen LogP contribution in [0.2, 0.25) is 0 Å². The van der Waals surface area contributed by atoms with Crippen LogP contribution < -0.4 is 0 Å². The average Bonchev–Trinajstić information content (AvgIpc) is 2.88. The molecule has 0 aromatic carbocycles. The van der Waals surface area contributed by atoms with Gasteiger partial charge in [-0.15, -0.1) is 11.3 Å². The van der Waals surface area contributed by atoms with Gasteiger partial charge in [-0.1, -0.05) is 6.92 Å². The van der Waals surface area contributed by atoms with Gasteiger partial charge in [-0.25, -0.2) is 0 Å². The van der Waals surface area contributed by atoms with Crippen LogP contribution >= 0.6 is 11.3 Å². The first-order chi connectivity index (χ1) is 10.2. The summed E-state index contributed by atoms with van der Waals surface area (Å²) in [6, 6.07) is 2.02. The van der Waals surface area contributed by atoms with E-state index in [4.69, 9.17) is 9.84 Å². The van der Waals surface area contributed by atoms with Gasteiger partial charge in [0.25, 0.3) is 5.91 Å². The molecule has 1 aliphatic heterocycles. The van der Waals surface area contributed by atoms with Crippen molar-refractivity contribution >= 4 is 17.2 Å². The molecule has 21 heavy (non-hydrogen) atoms. The minimum atomic E-state index is 0.164. The molecule has 1 aromatic heterocycles. The van der Waals surface area contributed by atoms with Crippen molar-refractivity contribution < 1.29 is 14.6 Å². The van der Waals surface area contributed by atoms with E-state index in [1.165, 1.54) is 10.4 Å². The van der Waals surface area contributed by atoms with Crippen molar-refractivity contribution in [1.29, 1.82) is 0 Å². The van der Waals surface area contributed by atoms with Gasteiger partial charge < -0.3 is 14.7 Å². The van der Waals surface area contributed by atoms with Gasteiger partial charge in [0.15, 0.2) is 0 Å². The number of piperidine rings is 1. The first-order valence-electron chi connectivity index (χ1n) is 7.76. The SMILES string of the molecule is CCc1sc(C(=O)N2CCC(OCCCO)CC2)cc1C. The third kappa shape index (κ3) is 4.28. The molecule has 0 radical (unpaired) electrons. The number of likely N-dealkylation sites (tertiary alicyclic amines) is 1. The Morgan fingerprint density at radius 3 is 2.76 bits per heavy atom. The van der Waals surface area contributed by atoms with Gasteiger partial charge >= 0.3 is 0 Å². The zero-order chi connectivity index (χ0) is 15.2. The van der Waals surface area contributed by atoms with E-state index in [9.17, 15) is 4.79 Å². The Hall–Kier alpha value is -0.910. The van der Waals surface area contributed by atoms with Crippen molar-refractivity contribution in [2.24, 2.45) is 0 Å². The summed E-state index contributed by atoms with van der Waals surface area (Å²) >= 11 is 1.63. The molecule has 0 spiro atoms. The van der Waals surface area contributed by atoms with Crippen LogP contribution in [0.15, 0.2) is 6.07 Å². The number of aliphatic hydroxyl groups is 1. The quantitative estimate of drug-likeness (QED) is 0.822. The third-order valence-electron chi connectivity index (χ3n) is 3.94. The number of ether oxygens (including phenoxy) is 1. The highest BCUT2D eigenvalue weighted by Crippen LogP contribution is 2.25. The standard InChI is InChI=1S/C16H25NO3S/c1-3-14-12(2)11-15(21-14)16(19)17-7-5-13(6-8-17)20-10-4-9-18/h11,13,18H,3-10H2,1-2H3. The zero-order valence-corrected chi connectivity index (χ0v) is 13.7. The fourth-order valence-corrected chi connectivity index (χ4v) is 3.75. The molecule has 1 amide bonds. The Balaban J connectivity index is 1.85. The Kier molecular flexibility index (Phi) is 6.21. The normalized spacial score (nSPS) is 16.4. The van der Waals surface area contributed by atoms with Crippen molar-refractivity contribution in [1.82, 2.24) is 4.90 Å².